The summed E-state index contributed by atoms with van der Waals surface area (Å²) in [4.78, 5) is 35.0. The molecule has 0 aliphatic carbocycles. The highest BCUT2D eigenvalue weighted by Gasteiger charge is 2.20. The Balaban J connectivity index is 1.88. The molecule has 0 heterocycles. The molecule has 2 aromatic rings. The van der Waals surface area contributed by atoms with E-state index in [-0.39, 0.29) is 11.8 Å². The Morgan fingerprint density at radius 1 is 1.08 bits per heavy atom. The molecule has 0 spiro atoms. The number of amides is 1. The Morgan fingerprint density at radius 2 is 1.73 bits per heavy atom. The number of carbonyl (C=O) groups is 3. The first-order valence-electron chi connectivity index (χ1n) is 8.64. The van der Waals surface area contributed by atoms with E-state index in [2.05, 4.69) is 12.2 Å². The molecule has 5 nitrogen and oxygen atoms in total. The van der Waals surface area contributed by atoms with Crippen molar-refractivity contribution < 1.29 is 19.1 Å². The molecule has 0 saturated carbocycles. The van der Waals surface area contributed by atoms with Crippen LogP contribution in [-0.2, 0) is 9.53 Å². The van der Waals surface area contributed by atoms with Gasteiger partial charge in [0.15, 0.2) is 6.10 Å². The summed E-state index contributed by atoms with van der Waals surface area (Å²) in [5.41, 5.74) is 1.93. The van der Waals surface area contributed by atoms with Crippen molar-refractivity contribution in [2.24, 2.45) is 0 Å². The van der Waals surface area contributed by atoms with Crippen LogP contribution in [0, 0.1) is 0 Å². The number of hydrogen-bond acceptors (Lipinski definition) is 4. The van der Waals surface area contributed by atoms with Gasteiger partial charge in [-0.25, -0.2) is 4.79 Å². The van der Waals surface area contributed by atoms with Gasteiger partial charge in [-0.05, 0) is 31.0 Å². The number of benzene rings is 2. The van der Waals surface area contributed by atoms with Crippen LogP contribution in [-0.4, -0.2) is 30.8 Å². The van der Waals surface area contributed by atoms with Gasteiger partial charge in [-0.3, -0.25) is 9.59 Å². The minimum Gasteiger partial charge on any atom is -0.449 e. The second-order valence-corrected chi connectivity index (χ2v) is 6.05. The van der Waals surface area contributed by atoms with Crippen LogP contribution >= 0.6 is 0 Å². The summed E-state index contributed by atoms with van der Waals surface area (Å²) in [6.07, 6.45) is 0.686. The quantitative estimate of drug-likeness (QED) is 0.583. The Bertz CT molecular complexity index is 740. The zero-order valence-corrected chi connectivity index (χ0v) is 15.0. The predicted molar refractivity (Wildman–Crippen MR) is 99.2 cm³/mol. The van der Waals surface area contributed by atoms with Crippen LogP contribution in [0.4, 0.5) is 0 Å². The lowest BCUT2D eigenvalue weighted by molar-refractivity contribution is -0.129. The van der Waals surface area contributed by atoms with Crippen molar-refractivity contribution in [3.63, 3.8) is 0 Å². The number of carbonyl (C=O) groups excluding carboxylic acids is 3. The normalized spacial score (nSPS) is 12.7. The third kappa shape index (κ3) is 5.28. The molecule has 2 atom stereocenters. The maximum Gasteiger partial charge on any atom is 0.338 e. The summed E-state index contributed by atoms with van der Waals surface area (Å²) in [6, 6.07) is 16.0. The van der Waals surface area contributed by atoms with E-state index in [1.165, 1.54) is 31.2 Å². The summed E-state index contributed by atoms with van der Waals surface area (Å²) in [6.45, 7) is 4.09. The third-order valence-electron chi connectivity index (χ3n) is 4.22. The first-order valence-corrected chi connectivity index (χ1v) is 8.64. The smallest absolute Gasteiger partial charge is 0.338 e. The molecule has 5 heteroatoms. The zero-order valence-electron chi connectivity index (χ0n) is 15.0. The fraction of sp³-hybridized carbons (Fsp3) is 0.286. The highest BCUT2D eigenvalue weighted by atomic mass is 16.5. The van der Waals surface area contributed by atoms with Gasteiger partial charge in [0.2, 0.25) is 0 Å². The van der Waals surface area contributed by atoms with Crippen LogP contribution in [0.1, 0.15) is 52.5 Å². The van der Waals surface area contributed by atoms with Gasteiger partial charge in [0.25, 0.3) is 5.91 Å². The Labute approximate surface area is 153 Å². The van der Waals surface area contributed by atoms with E-state index in [1.807, 2.05) is 30.3 Å². The maximum atomic E-state index is 12.2. The number of esters is 1. The molecule has 0 aromatic heterocycles. The van der Waals surface area contributed by atoms with Gasteiger partial charge in [-0.1, -0.05) is 49.4 Å². The zero-order chi connectivity index (χ0) is 18.9. The van der Waals surface area contributed by atoms with Gasteiger partial charge in [0.1, 0.15) is 6.29 Å². The van der Waals surface area contributed by atoms with Gasteiger partial charge in [0.05, 0.1) is 5.56 Å². The Hall–Kier alpha value is -2.95. The van der Waals surface area contributed by atoms with Gasteiger partial charge in [-0.2, -0.15) is 0 Å². The molecule has 0 radical (unpaired) electrons. The molecule has 0 saturated heterocycles. The van der Waals surface area contributed by atoms with Crippen molar-refractivity contribution in [3.05, 3.63) is 71.3 Å². The molecule has 2 aromatic carbocycles. The summed E-state index contributed by atoms with van der Waals surface area (Å²) in [5.74, 6) is -0.726. The predicted octanol–water partition coefficient (Wildman–Crippen LogP) is 3.35. The Morgan fingerprint density at radius 3 is 2.31 bits per heavy atom. The van der Waals surface area contributed by atoms with E-state index in [1.54, 1.807) is 0 Å². The summed E-state index contributed by atoms with van der Waals surface area (Å²) >= 11 is 0. The first-order chi connectivity index (χ1) is 12.5. The third-order valence-corrected chi connectivity index (χ3v) is 4.22. The highest BCUT2D eigenvalue weighted by Crippen LogP contribution is 2.18. The molecule has 0 aliphatic heterocycles. The summed E-state index contributed by atoms with van der Waals surface area (Å²) in [5, 5.41) is 2.84. The molecule has 136 valence electrons. The lowest BCUT2D eigenvalue weighted by atomic mass is 9.96. The lowest BCUT2D eigenvalue weighted by Crippen LogP contribution is -2.38. The molecular weight excluding hydrogens is 330 g/mol. The van der Waals surface area contributed by atoms with Gasteiger partial charge < -0.3 is 10.1 Å². The summed E-state index contributed by atoms with van der Waals surface area (Å²) in [7, 11) is 0. The number of rotatable bonds is 8. The molecule has 0 bridgehead atoms. The largest absolute Gasteiger partial charge is 0.449 e. The van der Waals surface area contributed by atoms with Crippen LogP contribution in [0.3, 0.4) is 0 Å². The van der Waals surface area contributed by atoms with Crippen LogP contribution in [0.2, 0.25) is 0 Å². The van der Waals surface area contributed by atoms with E-state index >= 15 is 0 Å². The van der Waals surface area contributed by atoms with Gasteiger partial charge >= 0.3 is 5.97 Å². The van der Waals surface area contributed by atoms with Crippen molar-refractivity contribution in [1.29, 1.82) is 0 Å². The molecule has 26 heavy (non-hydrogen) atoms. The standard InChI is InChI=1S/C21H23NO4/c1-3-17(18-7-5-4-6-8-18)13-22-20(24)15(2)26-21(25)19-11-9-16(14-23)10-12-19/h4-12,14-15,17H,3,13H2,1-2H3,(H,22,24)/t15-,17-/m0/s1. The average molecular weight is 353 g/mol. The number of aldehydes is 1. The van der Waals surface area contributed by atoms with E-state index < -0.39 is 12.1 Å². The van der Waals surface area contributed by atoms with Crippen LogP contribution in [0.15, 0.2) is 54.6 Å². The molecule has 1 N–H and O–H groups in total. The first kappa shape index (κ1) is 19.4. The molecule has 1 amide bonds. The molecule has 0 unspecified atom stereocenters. The number of ether oxygens (including phenoxy) is 1. The second kappa shape index (κ2) is 9.51. The minimum atomic E-state index is -0.901. The minimum absolute atomic E-state index is 0.207. The Kier molecular flexibility index (Phi) is 7.09. The topological polar surface area (TPSA) is 72.5 Å². The fourth-order valence-electron chi connectivity index (χ4n) is 2.57. The average Bonchev–Trinajstić information content (AvgIpc) is 2.69. The van der Waals surface area contributed by atoms with Gasteiger partial charge in [-0.15, -0.1) is 0 Å². The number of nitrogens with one attached hydrogen (secondary N) is 1. The summed E-state index contributed by atoms with van der Waals surface area (Å²) < 4.78 is 5.20. The van der Waals surface area contributed by atoms with Crippen molar-refractivity contribution in [2.75, 3.05) is 6.54 Å². The van der Waals surface area contributed by atoms with Gasteiger partial charge in [0, 0.05) is 18.0 Å². The lowest BCUT2D eigenvalue weighted by Gasteiger charge is -2.18. The monoisotopic (exact) mass is 353 g/mol. The van der Waals surface area contributed by atoms with Crippen molar-refractivity contribution >= 4 is 18.2 Å². The molecule has 0 aliphatic rings. The number of hydrogen-bond donors (Lipinski definition) is 1. The highest BCUT2D eigenvalue weighted by molar-refractivity contribution is 5.92. The van der Waals surface area contributed by atoms with Crippen LogP contribution in [0.25, 0.3) is 0 Å². The fourth-order valence-corrected chi connectivity index (χ4v) is 2.57. The van der Waals surface area contributed by atoms with E-state index in [0.29, 0.717) is 24.0 Å². The van der Waals surface area contributed by atoms with E-state index in [9.17, 15) is 14.4 Å². The van der Waals surface area contributed by atoms with E-state index in [4.69, 9.17) is 4.74 Å². The molecule has 2 rings (SSSR count). The second-order valence-electron chi connectivity index (χ2n) is 6.05. The van der Waals surface area contributed by atoms with Crippen molar-refractivity contribution in [3.8, 4) is 0 Å². The van der Waals surface area contributed by atoms with Crippen LogP contribution in [0.5, 0.6) is 0 Å². The molecular formula is C21H23NO4. The van der Waals surface area contributed by atoms with Crippen molar-refractivity contribution in [2.45, 2.75) is 32.3 Å². The van der Waals surface area contributed by atoms with E-state index in [0.717, 1.165) is 12.0 Å². The molecule has 0 fully saturated rings. The maximum absolute atomic E-state index is 12.2. The van der Waals surface area contributed by atoms with Crippen LogP contribution < -0.4 is 5.32 Å². The SMILES string of the molecule is CC[C@@H](CNC(=O)[C@H](C)OC(=O)c1ccc(C=O)cc1)c1ccccc1. The van der Waals surface area contributed by atoms with Crippen molar-refractivity contribution in [1.82, 2.24) is 5.32 Å².